The van der Waals surface area contributed by atoms with E-state index in [1.165, 1.54) is 11.3 Å². The van der Waals surface area contributed by atoms with E-state index in [1.54, 1.807) is 6.20 Å². The van der Waals surface area contributed by atoms with Gasteiger partial charge < -0.3 is 9.64 Å². The number of likely N-dealkylation sites (tertiary alicyclic amines) is 1. The van der Waals surface area contributed by atoms with Crippen LogP contribution < -0.4 is 4.74 Å². The lowest BCUT2D eigenvalue weighted by Crippen LogP contribution is -2.41. The molecule has 1 aliphatic heterocycles. The molecule has 5 nitrogen and oxygen atoms in total. The van der Waals surface area contributed by atoms with Gasteiger partial charge in [-0.2, -0.15) is 5.10 Å². The molecule has 3 heterocycles. The number of ether oxygens (including phenoxy) is 1. The molecule has 0 bridgehead atoms. The Labute approximate surface area is 150 Å². The summed E-state index contributed by atoms with van der Waals surface area (Å²) in [6.45, 7) is 3.43. The second kappa shape index (κ2) is 6.80. The molecular weight excluding hydrogens is 334 g/mol. The zero-order valence-electron chi connectivity index (χ0n) is 14.0. The van der Waals surface area contributed by atoms with Gasteiger partial charge in [-0.1, -0.05) is 18.2 Å². The van der Waals surface area contributed by atoms with Crippen molar-refractivity contribution in [1.82, 2.24) is 15.1 Å². The largest absolute Gasteiger partial charge is 0.473 e. The number of benzene rings is 1. The quantitative estimate of drug-likeness (QED) is 0.721. The van der Waals surface area contributed by atoms with Crippen LogP contribution in [0.3, 0.4) is 0 Å². The highest BCUT2D eigenvalue weighted by molar-refractivity contribution is 7.12. The summed E-state index contributed by atoms with van der Waals surface area (Å²) in [6, 6.07) is 9.91. The predicted octanol–water partition coefficient (Wildman–Crippen LogP) is 3.68. The molecule has 0 radical (unpaired) electrons. The smallest absolute Gasteiger partial charge is 0.263 e. The molecule has 1 saturated heterocycles. The van der Waals surface area contributed by atoms with Crippen molar-refractivity contribution in [3.8, 4) is 5.88 Å². The number of thiophene rings is 1. The Kier molecular flexibility index (Phi) is 4.36. The average Bonchev–Trinajstić information content (AvgIpc) is 3.08. The van der Waals surface area contributed by atoms with E-state index < -0.39 is 0 Å². The second-order valence-corrected chi connectivity index (χ2v) is 7.25. The third-order valence-electron chi connectivity index (χ3n) is 4.49. The Hall–Kier alpha value is -2.47. The Balaban J connectivity index is 1.41. The number of fused-ring (bicyclic) bond motifs is 1. The van der Waals surface area contributed by atoms with Crippen molar-refractivity contribution in [2.45, 2.75) is 25.9 Å². The lowest BCUT2D eigenvalue weighted by atomic mass is 10.1. The van der Waals surface area contributed by atoms with Crippen LogP contribution in [0.2, 0.25) is 0 Å². The number of carbonyl (C=O) groups is 1. The van der Waals surface area contributed by atoms with Crippen LogP contribution in [0, 0.1) is 6.92 Å². The molecule has 0 atom stereocenters. The molecule has 0 spiro atoms. The molecule has 128 valence electrons. The minimum atomic E-state index is 0.0641. The summed E-state index contributed by atoms with van der Waals surface area (Å²) in [5.41, 5.74) is 1.14. The van der Waals surface area contributed by atoms with Gasteiger partial charge in [-0.05, 0) is 30.0 Å². The van der Waals surface area contributed by atoms with Gasteiger partial charge in [-0.15, -0.1) is 16.4 Å². The van der Waals surface area contributed by atoms with Crippen molar-refractivity contribution in [2.75, 3.05) is 13.1 Å². The van der Waals surface area contributed by atoms with Crippen molar-refractivity contribution in [3.63, 3.8) is 0 Å². The van der Waals surface area contributed by atoms with Crippen LogP contribution in [0.1, 0.15) is 28.1 Å². The molecule has 25 heavy (non-hydrogen) atoms. The molecule has 6 heteroatoms. The molecule has 1 fully saturated rings. The van der Waals surface area contributed by atoms with Crippen LogP contribution in [-0.4, -0.2) is 40.2 Å². The maximum Gasteiger partial charge on any atom is 0.263 e. The van der Waals surface area contributed by atoms with Crippen LogP contribution in [0.4, 0.5) is 0 Å². The number of piperidine rings is 1. The fourth-order valence-electron chi connectivity index (χ4n) is 3.12. The predicted molar refractivity (Wildman–Crippen MR) is 98.1 cm³/mol. The number of aryl methyl sites for hydroxylation is 1. The minimum Gasteiger partial charge on any atom is -0.473 e. The van der Waals surface area contributed by atoms with Crippen molar-refractivity contribution < 1.29 is 9.53 Å². The molecule has 1 amide bonds. The lowest BCUT2D eigenvalue weighted by molar-refractivity contribution is 0.0593. The molecule has 3 aromatic rings. The first-order chi connectivity index (χ1) is 12.2. The fourth-order valence-corrected chi connectivity index (χ4v) is 3.99. The minimum absolute atomic E-state index is 0.0641. The molecule has 0 aliphatic carbocycles. The number of hydrogen-bond donors (Lipinski definition) is 0. The highest BCUT2D eigenvalue weighted by Crippen LogP contribution is 2.25. The summed E-state index contributed by atoms with van der Waals surface area (Å²) in [4.78, 5) is 15.3. The third-order valence-corrected chi connectivity index (χ3v) is 5.52. The zero-order chi connectivity index (χ0) is 17.2. The van der Waals surface area contributed by atoms with E-state index >= 15 is 0 Å². The van der Waals surface area contributed by atoms with Gasteiger partial charge in [0.1, 0.15) is 6.10 Å². The van der Waals surface area contributed by atoms with Crippen LogP contribution in [0.15, 0.2) is 41.9 Å². The Morgan fingerprint density at radius 2 is 2.08 bits per heavy atom. The topological polar surface area (TPSA) is 55.3 Å². The van der Waals surface area contributed by atoms with Gasteiger partial charge in [0.25, 0.3) is 5.91 Å². The second-order valence-electron chi connectivity index (χ2n) is 6.33. The Morgan fingerprint density at radius 3 is 2.84 bits per heavy atom. The molecule has 1 aromatic carbocycles. The number of rotatable bonds is 3. The molecule has 4 rings (SSSR count). The van der Waals surface area contributed by atoms with E-state index in [0.717, 1.165) is 34.1 Å². The summed E-state index contributed by atoms with van der Waals surface area (Å²) in [5.74, 6) is 0.707. The van der Waals surface area contributed by atoms with Crippen molar-refractivity contribution in [1.29, 1.82) is 0 Å². The van der Waals surface area contributed by atoms with Gasteiger partial charge in [-0.3, -0.25) is 4.79 Å². The normalized spacial score (nSPS) is 15.5. The number of nitrogens with zero attached hydrogens (tertiary/aromatic N) is 3. The fraction of sp³-hybridized carbons (Fsp3) is 0.316. The highest BCUT2D eigenvalue weighted by atomic mass is 32.1. The Morgan fingerprint density at radius 1 is 1.28 bits per heavy atom. The summed E-state index contributed by atoms with van der Waals surface area (Å²) in [5, 5.41) is 12.2. The summed E-state index contributed by atoms with van der Waals surface area (Å²) >= 11 is 1.52. The van der Waals surface area contributed by atoms with E-state index in [9.17, 15) is 4.79 Å². The molecule has 0 N–H and O–H groups in total. The number of hydrogen-bond acceptors (Lipinski definition) is 5. The zero-order valence-corrected chi connectivity index (χ0v) is 14.8. The van der Waals surface area contributed by atoms with Crippen LogP contribution >= 0.6 is 11.3 Å². The maximum absolute atomic E-state index is 12.5. The first kappa shape index (κ1) is 16.0. The van der Waals surface area contributed by atoms with Crippen LogP contribution in [0.5, 0.6) is 5.88 Å². The van der Waals surface area contributed by atoms with Gasteiger partial charge in [-0.25, -0.2) is 0 Å². The average molecular weight is 353 g/mol. The van der Waals surface area contributed by atoms with E-state index in [1.807, 2.05) is 47.5 Å². The summed E-state index contributed by atoms with van der Waals surface area (Å²) in [6.07, 6.45) is 3.42. The Bertz CT molecular complexity index is 895. The summed E-state index contributed by atoms with van der Waals surface area (Å²) < 4.78 is 6.10. The van der Waals surface area contributed by atoms with Crippen molar-refractivity contribution in [3.05, 3.63) is 52.3 Å². The molecule has 0 saturated carbocycles. The third kappa shape index (κ3) is 3.35. The molecule has 1 aliphatic rings. The van der Waals surface area contributed by atoms with Crippen LogP contribution in [-0.2, 0) is 0 Å². The molecule has 0 unspecified atom stereocenters. The van der Waals surface area contributed by atoms with Gasteiger partial charge in [0, 0.05) is 36.7 Å². The standard InChI is InChI=1S/C19H19N3O2S/c1-13-10-17(25-12-13)19(23)22-8-6-15(7-9-22)24-18-16-5-3-2-4-14(16)11-20-21-18/h2-5,10-12,15H,6-9H2,1H3. The first-order valence-corrected chi connectivity index (χ1v) is 9.30. The van der Waals surface area contributed by atoms with Crippen LogP contribution in [0.25, 0.3) is 10.8 Å². The summed E-state index contributed by atoms with van der Waals surface area (Å²) in [7, 11) is 0. The first-order valence-electron chi connectivity index (χ1n) is 8.42. The number of aromatic nitrogens is 2. The van der Waals surface area contributed by atoms with E-state index in [4.69, 9.17) is 4.74 Å². The molecular formula is C19H19N3O2S. The van der Waals surface area contributed by atoms with E-state index in [2.05, 4.69) is 10.2 Å². The molecule has 2 aromatic heterocycles. The van der Waals surface area contributed by atoms with E-state index in [0.29, 0.717) is 19.0 Å². The maximum atomic E-state index is 12.5. The van der Waals surface area contributed by atoms with E-state index in [-0.39, 0.29) is 12.0 Å². The SMILES string of the molecule is Cc1csc(C(=O)N2CCC(Oc3nncc4ccccc34)CC2)c1. The van der Waals surface area contributed by atoms with Gasteiger partial charge >= 0.3 is 0 Å². The number of carbonyl (C=O) groups excluding carboxylic acids is 1. The van der Waals surface area contributed by atoms with Gasteiger partial charge in [0.05, 0.1) is 11.1 Å². The lowest BCUT2D eigenvalue weighted by Gasteiger charge is -2.31. The van der Waals surface area contributed by atoms with Crippen molar-refractivity contribution in [2.24, 2.45) is 0 Å². The highest BCUT2D eigenvalue weighted by Gasteiger charge is 2.26. The van der Waals surface area contributed by atoms with Gasteiger partial charge in [0.2, 0.25) is 5.88 Å². The number of amides is 1. The van der Waals surface area contributed by atoms with Gasteiger partial charge in [0.15, 0.2) is 0 Å². The van der Waals surface area contributed by atoms with Crippen molar-refractivity contribution >= 4 is 28.0 Å². The monoisotopic (exact) mass is 353 g/mol.